The number of carbonyl (C=O) groups excluding carboxylic acids is 1. The summed E-state index contributed by atoms with van der Waals surface area (Å²) < 4.78 is 4.81. The van der Waals surface area contributed by atoms with Crippen molar-refractivity contribution in [2.75, 3.05) is 0 Å². The van der Waals surface area contributed by atoms with E-state index in [0.29, 0.717) is 5.75 Å². The van der Waals surface area contributed by atoms with Crippen molar-refractivity contribution in [1.82, 2.24) is 4.98 Å². The molecule has 0 spiro atoms. The maximum Gasteiger partial charge on any atom is 0.323 e. The van der Waals surface area contributed by atoms with E-state index in [0.717, 1.165) is 0 Å². The summed E-state index contributed by atoms with van der Waals surface area (Å²) in [5.74, 6) is 2.17. The fraction of sp³-hybridized carbons (Fsp3) is 0.111. The zero-order valence-electron chi connectivity index (χ0n) is 6.36. The summed E-state index contributed by atoms with van der Waals surface area (Å²) in [6.45, 7) is 0. The van der Waals surface area contributed by atoms with Gasteiger partial charge in [0.25, 0.3) is 0 Å². The van der Waals surface area contributed by atoms with E-state index in [1.54, 1.807) is 18.3 Å². The number of aromatic nitrogens is 1. The number of ether oxygens (including phenoxy) is 1. The van der Waals surface area contributed by atoms with Gasteiger partial charge in [-0.05, 0) is 12.1 Å². The Balaban J connectivity index is 2.54. The molecule has 0 aliphatic heterocycles. The molecule has 3 nitrogen and oxygen atoms in total. The normalized spacial score (nSPS) is 8.58. The first-order valence-electron chi connectivity index (χ1n) is 3.37. The Kier molecular flexibility index (Phi) is 2.86. The average molecular weight is 161 g/mol. The highest BCUT2D eigenvalue weighted by atomic mass is 16.5. The number of hydrogen-bond donors (Lipinski definition) is 0. The van der Waals surface area contributed by atoms with Crippen molar-refractivity contribution in [1.29, 1.82) is 0 Å². The van der Waals surface area contributed by atoms with Crippen molar-refractivity contribution in [3.63, 3.8) is 0 Å². The second kappa shape index (κ2) is 4.14. The van der Waals surface area contributed by atoms with Gasteiger partial charge in [0.2, 0.25) is 0 Å². The van der Waals surface area contributed by atoms with Crippen LogP contribution < -0.4 is 4.74 Å². The molecule has 60 valence electrons. The lowest BCUT2D eigenvalue weighted by Crippen LogP contribution is -2.06. The molecular formula is C9H7NO2. The van der Waals surface area contributed by atoms with E-state index in [1.165, 1.54) is 6.20 Å². The van der Waals surface area contributed by atoms with Crippen molar-refractivity contribution in [3.05, 3.63) is 24.5 Å². The molecule has 12 heavy (non-hydrogen) atoms. The Morgan fingerprint density at radius 1 is 1.75 bits per heavy atom. The molecule has 0 saturated heterocycles. The zero-order valence-corrected chi connectivity index (χ0v) is 6.36. The number of carbonyl (C=O) groups is 1. The van der Waals surface area contributed by atoms with E-state index in [9.17, 15) is 4.79 Å². The van der Waals surface area contributed by atoms with E-state index in [4.69, 9.17) is 11.2 Å². The minimum Gasteiger partial charge on any atom is -0.424 e. The second-order valence-corrected chi connectivity index (χ2v) is 2.04. The van der Waals surface area contributed by atoms with Crippen LogP contribution in [0.2, 0.25) is 0 Å². The summed E-state index contributed by atoms with van der Waals surface area (Å²) in [4.78, 5) is 14.6. The molecule has 0 N–H and O–H groups in total. The van der Waals surface area contributed by atoms with Crippen LogP contribution >= 0.6 is 0 Å². The summed E-state index contributed by atoms with van der Waals surface area (Å²) in [6.07, 6.45) is 7.95. The van der Waals surface area contributed by atoms with E-state index in [-0.39, 0.29) is 6.42 Å². The standard InChI is InChI=1S/C9H7NO2/c1-2-4-9(11)12-8-5-3-6-10-7-8/h1,3,5-7H,4H2. The molecule has 0 aliphatic rings. The van der Waals surface area contributed by atoms with Gasteiger partial charge >= 0.3 is 5.97 Å². The van der Waals surface area contributed by atoms with Crippen molar-refractivity contribution in [2.45, 2.75) is 6.42 Å². The molecule has 0 bridgehead atoms. The lowest BCUT2D eigenvalue weighted by Gasteiger charge is -1.99. The molecule has 0 fully saturated rings. The molecule has 0 radical (unpaired) electrons. The first-order valence-corrected chi connectivity index (χ1v) is 3.37. The Morgan fingerprint density at radius 2 is 2.58 bits per heavy atom. The molecule has 0 unspecified atom stereocenters. The van der Waals surface area contributed by atoms with Crippen molar-refractivity contribution in [3.8, 4) is 18.1 Å². The third kappa shape index (κ3) is 2.43. The summed E-state index contributed by atoms with van der Waals surface area (Å²) in [5.41, 5.74) is 0. The number of hydrogen-bond acceptors (Lipinski definition) is 3. The first kappa shape index (κ1) is 8.28. The molecular weight excluding hydrogens is 154 g/mol. The number of pyridine rings is 1. The molecule has 0 aromatic carbocycles. The molecule has 0 aliphatic carbocycles. The monoisotopic (exact) mass is 161 g/mol. The molecule has 1 heterocycles. The molecule has 0 saturated carbocycles. The Morgan fingerprint density at radius 3 is 3.17 bits per heavy atom. The van der Waals surface area contributed by atoms with Crippen LogP contribution in [0.15, 0.2) is 24.5 Å². The highest BCUT2D eigenvalue weighted by Gasteiger charge is 2.00. The maximum atomic E-state index is 10.8. The highest BCUT2D eigenvalue weighted by molar-refractivity contribution is 5.74. The summed E-state index contributed by atoms with van der Waals surface area (Å²) >= 11 is 0. The lowest BCUT2D eigenvalue weighted by atomic mass is 10.4. The molecule has 1 aromatic rings. The van der Waals surface area contributed by atoms with Gasteiger partial charge in [0, 0.05) is 6.20 Å². The quantitative estimate of drug-likeness (QED) is 0.480. The molecule has 0 atom stereocenters. The van der Waals surface area contributed by atoms with Crippen LogP contribution in [0.25, 0.3) is 0 Å². The average Bonchev–Trinajstić information content (AvgIpc) is 2.06. The maximum absolute atomic E-state index is 10.8. The number of nitrogens with zero attached hydrogens (tertiary/aromatic N) is 1. The van der Waals surface area contributed by atoms with Gasteiger partial charge in [-0.1, -0.05) is 5.92 Å². The Hall–Kier alpha value is -1.82. The number of esters is 1. The number of rotatable bonds is 2. The molecule has 1 aromatic heterocycles. The summed E-state index contributed by atoms with van der Waals surface area (Å²) in [7, 11) is 0. The van der Waals surface area contributed by atoms with Gasteiger partial charge in [-0.25, -0.2) is 0 Å². The van der Waals surface area contributed by atoms with Crippen LogP contribution in [0.1, 0.15) is 6.42 Å². The second-order valence-electron chi connectivity index (χ2n) is 2.04. The SMILES string of the molecule is C#CCC(=O)Oc1cccnc1. The van der Waals surface area contributed by atoms with Gasteiger partial charge in [0.05, 0.1) is 6.20 Å². The van der Waals surface area contributed by atoms with E-state index >= 15 is 0 Å². The minimum atomic E-state index is -0.439. The van der Waals surface area contributed by atoms with Crippen molar-refractivity contribution in [2.24, 2.45) is 0 Å². The van der Waals surface area contributed by atoms with Gasteiger partial charge in [-0.15, -0.1) is 6.42 Å². The highest BCUT2D eigenvalue weighted by Crippen LogP contribution is 2.06. The van der Waals surface area contributed by atoms with Crippen LogP contribution in [0.4, 0.5) is 0 Å². The fourth-order valence-corrected chi connectivity index (χ4v) is 0.658. The molecule has 0 amide bonds. The van der Waals surface area contributed by atoms with Crippen molar-refractivity contribution >= 4 is 5.97 Å². The van der Waals surface area contributed by atoms with Gasteiger partial charge in [-0.2, -0.15) is 0 Å². The predicted molar refractivity (Wildman–Crippen MR) is 43.3 cm³/mol. The van der Waals surface area contributed by atoms with Crippen LogP contribution in [-0.4, -0.2) is 11.0 Å². The fourth-order valence-electron chi connectivity index (χ4n) is 0.658. The predicted octanol–water partition coefficient (Wildman–Crippen LogP) is 1.01. The minimum absolute atomic E-state index is 0.0190. The van der Waals surface area contributed by atoms with Gasteiger partial charge in [0.15, 0.2) is 0 Å². The van der Waals surface area contributed by atoms with Crippen molar-refractivity contribution < 1.29 is 9.53 Å². The topological polar surface area (TPSA) is 39.2 Å². The number of terminal acetylenes is 1. The summed E-state index contributed by atoms with van der Waals surface area (Å²) in [6, 6.07) is 3.32. The van der Waals surface area contributed by atoms with Gasteiger partial charge in [-0.3, -0.25) is 9.78 Å². The third-order valence-electron chi connectivity index (χ3n) is 1.11. The van der Waals surface area contributed by atoms with Crippen LogP contribution in [0.5, 0.6) is 5.75 Å². The Bertz CT molecular complexity index is 300. The molecule has 1 rings (SSSR count). The molecule has 3 heteroatoms. The largest absolute Gasteiger partial charge is 0.424 e. The summed E-state index contributed by atoms with van der Waals surface area (Å²) in [5, 5.41) is 0. The zero-order chi connectivity index (χ0) is 8.81. The van der Waals surface area contributed by atoms with E-state index in [1.807, 2.05) is 0 Å². The van der Waals surface area contributed by atoms with E-state index in [2.05, 4.69) is 10.9 Å². The van der Waals surface area contributed by atoms with Crippen LogP contribution in [-0.2, 0) is 4.79 Å². The lowest BCUT2D eigenvalue weighted by molar-refractivity contribution is -0.133. The van der Waals surface area contributed by atoms with E-state index < -0.39 is 5.97 Å². The first-order chi connectivity index (χ1) is 5.83. The van der Waals surface area contributed by atoms with Gasteiger partial charge in [0.1, 0.15) is 12.2 Å². The van der Waals surface area contributed by atoms with Crippen LogP contribution in [0.3, 0.4) is 0 Å². The third-order valence-corrected chi connectivity index (χ3v) is 1.11. The Labute approximate surface area is 70.4 Å². The van der Waals surface area contributed by atoms with Gasteiger partial charge < -0.3 is 4.74 Å². The van der Waals surface area contributed by atoms with Crippen LogP contribution in [0, 0.1) is 12.3 Å². The smallest absolute Gasteiger partial charge is 0.323 e.